The molecule has 19 nitrogen and oxygen atoms in total. The van der Waals surface area contributed by atoms with Crippen molar-refractivity contribution in [2.24, 2.45) is 22.9 Å². The zero-order valence-corrected chi connectivity index (χ0v) is 26.5. The molecule has 0 radical (unpaired) electrons. The summed E-state index contributed by atoms with van der Waals surface area (Å²) in [5.74, 6) is -8.28. The van der Waals surface area contributed by atoms with Gasteiger partial charge in [-0.05, 0) is 32.3 Å². The van der Waals surface area contributed by atoms with Crippen molar-refractivity contribution in [3.8, 4) is 0 Å². The fourth-order valence-electron chi connectivity index (χ4n) is 4.08. The molecule has 0 spiro atoms. The maximum absolute atomic E-state index is 13.0. The van der Waals surface area contributed by atoms with E-state index in [-0.39, 0.29) is 32.1 Å². The molecule has 1 rings (SSSR count). The van der Waals surface area contributed by atoms with Crippen LogP contribution in [0.2, 0.25) is 0 Å². The van der Waals surface area contributed by atoms with Crippen LogP contribution in [-0.4, -0.2) is 94.6 Å². The summed E-state index contributed by atoms with van der Waals surface area (Å²) in [6.45, 7) is 2.57. The Bertz CT molecular complexity index is 1360. The summed E-state index contributed by atoms with van der Waals surface area (Å²) in [7, 11) is 0. The summed E-state index contributed by atoms with van der Waals surface area (Å²) in [6.07, 6.45) is -1.62. The second-order valence-electron chi connectivity index (χ2n) is 11.0. The summed E-state index contributed by atoms with van der Waals surface area (Å²) in [6, 6.07) is 0.300. The van der Waals surface area contributed by atoms with Gasteiger partial charge in [0.2, 0.25) is 47.3 Å². The van der Waals surface area contributed by atoms with Crippen LogP contribution in [0.25, 0.3) is 0 Å². The van der Waals surface area contributed by atoms with Crippen LogP contribution in [-0.2, 0) is 49.6 Å². The van der Waals surface area contributed by atoms with Crippen molar-refractivity contribution in [1.82, 2.24) is 26.6 Å². The van der Waals surface area contributed by atoms with Crippen LogP contribution in [0.3, 0.4) is 0 Å². The highest BCUT2D eigenvalue weighted by atomic mass is 16.4. The van der Waals surface area contributed by atoms with Gasteiger partial charge in [0, 0.05) is 19.3 Å². The summed E-state index contributed by atoms with van der Waals surface area (Å²) >= 11 is 0. The molecule has 0 heterocycles. The molecule has 8 amide bonds. The van der Waals surface area contributed by atoms with E-state index >= 15 is 0 Å². The van der Waals surface area contributed by atoms with Crippen molar-refractivity contribution >= 4 is 53.2 Å². The third kappa shape index (κ3) is 15.1. The Morgan fingerprint density at radius 3 is 1.58 bits per heavy atom. The number of carboxylic acid groups (broad SMARTS) is 1. The zero-order chi connectivity index (χ0) is 36.6. The molecule has 0 unspecified atom stereocenters. The predicted molar refractivity (Wildman–Crippen MR) is 167 cm³/mol. The fraction of sp³-hybridized carbons (Fsp3) is 0.483. The lowest BCUT2D eigenvalue weighted by molar-refractivity contribution is -0.143. The molecule has 1 aromatic rings. The minimum Gasteiger partial charge on any atom is -0.480 e. The van der Waals surface area contributed by atoms with Gasteiger partial charge in [-0.25, -0.2) is 4.79 Å². The average molecular weight is 678 g/mol. The van der Waals surface area contributed by atoms with E-state index in [1.165, 1.54) is 13.8 Å². The number of rotatable bonds is 21. The van der Waals surface area contributed by atoms with Gasteiger partial charge in [-0.2, -0.15) is 0 Å². The molecule has 0 aliphatic heterocycles. The number of benzene rings is 1. The van der Waals surface area contributed by atoms with E-state index in [1.807, 2.05) is 0 Å². The molecular weight excluding hydrogens is 634 g/mol. The van der Waals surface area contributed by atoms with Crippen LogP contribution in [0.5, 0.6) is 0 Å². The summed E-state index contributed by atoms with van der Waals surface area (Å²) < 4.78 is 0. The molecule has 6 atom stereocenters. The number of carboxylic acids is 1. The Morgan fingerprint density at radius 1 is 0.604 bits per heavy atom. The molecule has 0 aliphatic carbocycles. The van der Waals surface area contributed by atoms with Gasteiger partial charge in [-0.3, -0.25) is 38.4 Å². The number of carbonyl (C=O) groups is 9. The molecule has 0 fully saturated rings. The molecule has 19 heteroatoms. The van der Waals surface area contributed by atoms with E-state index in [1.54, 1.807) is 30.3 Å². The van der Waals surface area contributed by atoms with Crippen LogP contribution >= 0.6 is 0 Å². The fourth-order valence-corrected chi connectivity index (χ4v) is 4.08. The van der Waals surface area contributed by atoms with E-state index in [0.717, 1.165) is 0 Å². The second-order valence-corrected chi connectivity index (χ2v) is 11.0. The number of amides is 8. The minimum absolute atomic E-state index is 0.0843. The quantitative estimate of drug-likeness (QED) is 0.0591. The molecule has 1 aromatic carbocycles. The van der Waals surface area contributed by atoms with Crippen LogP contribution in [0.1, 0.15) is 51.5 Å². The van der Waals surface area contributed by atoms with E-state index in [0.29, 0.717) is 5.56 Å². The number of hydrogen-bond donors (Lipinski definition) is 10. The number of nitrogens with two attached hydrogens (primary N) is 4. The standard InChI is InChI=1S/C29H43N9O10/c1-14(35-27(45)18(9-11-22(32)40)36-26(44)17(30)8-10-21(31)39)24(42)34-15(2)25(43)37-19(12-16-6-4-3-5-7-16)28(46)38-20(29(47)48)13-23(33)41/h3-7,14-15,17-20H,8-13,30H2,1-2H3,(H2,31,39)(H2,32,40)(H2,33,41)(H,34,42)(H,35,45)(H,36,44)(H,37,43)(H,38,46)(H,47,48)/t14-,15-,17-,18-,19-,20-/m0/s1. The van der Waals surface area contributed by atoms with Gasteiger partial charge in [0.1, 0.15) is 30.2 Å². The number of hydrogen-bond acceptors (Lipinski definition) is 10. The first-order chi connectivity index (χ1) is 22.4. The number of nitrogens with one attached hydrogen (secondary N) is 5. The predicted octanol–water partition coefficient (Wildman–Crippen LogP) is -4.49. The first-order valence-corrected chi connectivity index (χ1v) is 14.8. The maximum Gasteiger partial charge on any atom is 0.326 e. The van der Waals surface area contributed by atoms with Crippen molar-refractivity contribution in [3.63, 3.8) is 0 Å². The zero-order valence-electron chi connectivity index (χ0n) is 26.5. The van der Waals surface area contributed by atoms with E-state index in [4.69, 9.17) is 22.9 Å². The normalized spacial score (nSPS) is 14.4. The van der Waals surface area contributed by atoms with E-state index < -0.39 is 95.9 Å². The molecular formula is C29H43N9O10. The molecule has 0 aromatic heterocycles. The SMILES string of the molecule is C[C@H](NC(=O)[C@H](C)NC(=O)[C@H](CCC(N)=O)NC(=O)[C@@H](N)CCC(N)=O)C(=O)N[C@@H](Cc1ccccc1)C(=O)N[C@@H](CC(N)=O)C(=O)O. The monoisotopic (exact) mass is 677 g/mol. The van der Waals surface area contributed by atoms with Crippen LogP contribution in [0, 0.1) is 0 Å². The Morgan fingerprint density at radius 2 is 1.06 bits per heavy atom. The van der Waals surface area contributed by atoms with Crippen LogP contribution in [0.15, 0.2) is 30.3 Å². The van der Waals surface area contributed by atoms with Gasteiger partial charge in [-0.1, -0.05) is 30.3 Å². The van der Waals surface area contributed by atoms with Crippen molar-refractivity contribution < 1.29 is 48.3 Å². The topological polar surface area (TPSA) is 338 Å². The van der Waals surface area contributed by atoms with E-state index in [2.05, 4.69) is 26.6 Å². The van der Waals surface area contributed by atoms with E-state index in [9.17, 15) is 48.3 Å². The van der Waals surface area contributed by atoms with Gasteiger partial charge in [0.15, 0.2) is 0 Å². The highest BCUT2D eigenvalue weighted by Crippen LogP contribution is 2.06. The summed E-state index contributed by atoms with van der Waals surface area (Å²) in [5.41, 5.74) is 21.6. The highest BCUT2D eigenvalue weighted by molar-refractivity contribution is 5.96. The first-order valence-electron chi connectivity index (χ1n) is 14.8. The minimum atomic E-state index is -1.66. The highest BCUT2D eigenvalue weighted by Gasteiger charge is 2.31. The Kier molecular flexibility index (Phi) is 16.7. The molecule has 14 N–H and O–H groups in total. The van der Waals surface area contributed by atoms with Gasteiger partial charge in [-0.15, -0.1) is 0 Å². The number of primary amides is 3. The van der Waals surface area contributed by atoms with Crippen molar-refractivity contribution in [2.75, 3.05) is 0 Å². The van der Waals surface area contributed by atoms with Crippen LogP contribution in [0.4, 0.5) is 0 Å². The molecule has 0 aliphatic rings. The maximum atomic E-state index is 13.0. The smallest absolute Gasteiger partial charge is 0.326 e. The lowest BCUT2D eigenvalue weighted by atomic mass is 10.0. The number of aliphatic carboxylic acids is 1. The summed E-state index contributed by atoms with van der Waals surface area (Å²) in [5, 5.41) is 21.1. The third-order valence-electron chi connectivity index (χ3n) is 6.79. The van der Waals surface area contributed by atoms with Gasteiger partial charge < -0.3 is 54.6 Å². The third-order valence-corrected chi connectivity index (χ3v) is 6.79. The Balaban J connectivity index is 2.96. The lowest BCUT2D eigenvalue weighted by Crippen LogP contribution is -2.58. The van der Waals surface area contributed by atoms with Gasteiger partial charge in [0.05, 0.1) is 12.5 Å². The molecule has 0 saturated heterocycles. The largest absolute Gasteiger partial charge is 0.480 e. The Labute approximate surface area is 275 Å². The van der Waals surface area contributed by atoms with Crippen molar-refractivity contribution in [2.45, 2.75) is 88.6 Å². The molecule has 264 valence electrons. The average Bonchev–Trinajstić information content (AvgIpc) is 3.00. The van der Waals surface area contributed by atoms with Gasteiger partial charge >= 0.3 is 5.97 Å². The lowest BCUT2D eigenvalue weighted by Gasteiger charge is -2.25. The molecule has 48 heavy (non-hydrogen) atoms. The second kappa shape index (κ2) is 19.8. The number of carbonyl (C=O) groups excluding carboxylic acids is 8. The van der Waals surface area contributed by atoms with Crippen molar-refractivity contribution in [3.05, 3.63) is 35.9 Å². The van der Waals surface area contributed by atoms with Crippen LogP contribution < -0.4 is 49.5 Å². The van der Waals surface area contributed by atoms with Crippen molar-refractivity contribution in [1.29, 1.82) is 0 Å². The first kappa shape index (κ1) is 40.4. The molecule has 0 saturated carbocycles. The summed E-state index contributed by atoms with van der Waals surface area (Å²) in [4.78, 5) is 109. The van der Waals surface area contributed by atoms with Gasteiger partial charge in [0.25, 0.3) is 0 Å². The Hall–Kier alpha value is -5.59. The molecule has 0 bridgehead atoms.